The Kier molecular flexibility index (Phi) is 5.71. The van der Waals surface area contributed by atoms with Gasteiger partial charge >= 0.3 is 0 Å². The number of hydrogen-bond acceptors (Lipinski definition) is 5. The van der Waals surface area contributed by atoms with E-state index >= 15 is 0 Å². The molecule has 0 radical (unpaired) electrons. The van der Waals surface area contributed by atoms with Crippen molar-refractivity contribution in [2.75, 3.05) is 0 Å². The van der Waals surface area contributed by atoms with Crippen LogP contribution in [-0.4, -0.2) is 14.5 Å². The summed E-state index contributed by atoms with van der Waals surface area (Å²) in [4.78, 5) is 27.4. The van der Waals surface area contributed by atoms with Gasteiger partial charge in [0.25, 0.3) is 11.2 Å². The zero-order valence-electron chi connectivity index (χ0n) is 15.0. The lowest BCUT2D eigenvalue weighted by molar-refractivity contribution is -0.384. The number of rotatable bonds is 6. The minimum Gasteiger partial charge on any atom is -0.280 e. The van der Waals surface area contributed by atoms with Gasteiger partial charge in [0.2, 0.25) is 0 Å². The Bertz CT molecular complexity index is 1010. The summed E-state index contributed by atoms with van der Waals surface area (Å²) in [6.07, 6.45) is 3.23. The van der Waals surface area contributed by atoms with Gasteiger partial charge in [-0.1, -0.05) is 49.9 Å². The van der Waals surface area contributed by atoms with Crippen LogP contribution in [0.25, 0.3) is 5.69 Å². The number of nitro benzene ring substituents is 1. The second-order valence-corrected chi connectivity index (χ2v) is 7.33. The predicted molar refractivity (Wildman–Crippen MR) is 107 cm³/mol. The third-order valence-corrected chi connectivity index (χ3v) is 5.18. The van der Waals surface area contributed by atoms with Gasteiger partial charge in [0.1, 0.15) is 0 Å². The molecular formula is C20H19N3O3S. The van der Waals surface area contributed by atoms with Gasteiger partial charge in [0, 0.05) is 36.0 Å². The summed E-state index contributed by atoms with van der Waals surface area (Å²) in [6, 6.07) is 14.3. The van der Waals surface area contributed by atoms with Crippen molar-refractivity contribution < 1.29 is 4.92 Å². The molecule has 0 atom stereocenters. The fourth-order valence-corrected chi connectivity index (χ4v) is 3.47. The average molecular weight is 381 g/mol. The van der Waals surface area contributed by atoms with Crippen LogP contribution in [0.4, 0.5) is 5.69 Å². The van der Waals surface area contributed by atoms with Crippen molar-refractivity contribution in [1.29, 1.82) is 0 Å². The molecular weight excluding hydrogens is 362 g/mol. The first-order valence-corrected chi connectivity index (χ1v) is 9.48. The van der Waals surface area contributed by atoms with Crippen LogP contribution < -0.4 is 5.56 Å². The molecule has 0 fully saturated rings. The number of hydrogen-bond donors (Lipinski definition) is 0. The molecule has 6 nitrogen and oxygen atoms in total. The van der Waals surface area contributed by atoms with Crippen molar-refractivity contribution in [3.8, 4) is 5.69 Å². The Hall–Kier alpha value is -2.93. The SMILES string of the molecule is CC(C)c1ccc(-n2ccnc(SCc3cccc([N+](=O)[O-])c3)c2=O)cc1. The number of non-ortho nitro benzene ring substituents is 1. The van der Waals surface area contributed by atoms with E-state index in [9.17, 15) is 14.9 Å². The summed E-state index contributed by atoms with van der Waals surface area (Å²) in [5, 5.41) is 11.2. The highest BCUT2D eigenvalue weighted by Gasteiger charge is 2.10. The minimum absolute atomic E-state index is 0.0387. The molecule has 2 aromatic carbocycles. The standard InChI is InChI=1S/C20H19N3O3S/c1-14(2)16-6-8-17(9-7-16)22-11-10-21-19(20(22)24)27-13-15-4-3-5-18(12-15)23(25)26/h3-12,14H,13H2,1-2H3. The summed E-state index contributed by atoms with van der Waals surface area (Å²) >= 11 is 1.27. The molecule has 138 valence electrons. The highest BCUT2D eigenvalue weighted by atomic mass is 32.2. The molecule has 0 aliphatic carbocycles. The van der Waals surface area contributed by atoms with Crippen molar-refractivity contribution in [2.24, 2.45) is 0 Å². The van der Waals surface area contributed by atoms with E-state index in [2.05, 4.69) is 18.8 Å². The van der Waals surface area contributed by atoms with Crippen LogP contribution in [0.3, 0.4) is 0 Å². The van der Waals surface area contributed by atoms with Gasteiger partial charge in [-0.15, -0.1) is 0 Å². The molecule has 7 heteroatoms. The Morgan fingerprint density at radius 3 is 2.59 bits per heavy atom. The molecule has 0 bridgehead atoms. The van der Waals surface area contributed by atoms with Gasteiger partial charge in [-0.05, 0) is 29.2 Å². The quantitative estimate of drug-likeness (QED) is 0.355. The molecule has 0 aliphatic rings. The molecule has 0 saturated carbocycles. The summed E-state index contributed by atoms with van der Waals surface area (Å²) in [7, 11) is 0. The lowest BCUT2D eigenvalue weighted by atomic mass is 10.0. The van der Waals surface area contributed by atoms with Crippen LogP contribution in [0.2, 0.25) is 0 Å². The minimum atomic E-state index is -0.428. The molecule has 27 heavy (non-hydrogen) atoms. The van der Waals surface area contributed by atoms with E-state index in [1.807, 2.05) is 24.3 Å². The zero-order chi connectivity index (χ0) is 19.4. The van der Waals surface area contributed by atoms with E-state index in [-0.39, 0.29) is 11.2 Å². The molecule has 3 rings (SSSR count). The lowest BCUT2D eigenvalue weighted by Crippen LogP contribution is -2.20. The highest BCUT2D eigenvalue weighted by molar-refractivity contribution is 7.98. The van der Waals surface area contributed by atoms with Crippen LogP contribution >= 0.6 is 11.8 Å². The van der Waals surface area contributed by atoms with Crippen LogP contribution in [0.1, 0.15) is 30.9 Å². The maximum Gasteiger partial charge on any atom is 0.287 e. The molecule has 0 N–H and O–H groups in total. The second kappa shape index (κ2) is 8.18. The zero-order valence-corrected chi connectivity index (χ0v) is 15.8. The largest absolute Gasteiger partial charge is 0.287 e. The van der Waals surface area contributed by atoms with E-state index in [1.165, 1.54) is 29.5 Å². The summed E-state index contributed by atoms with van der Waals surface area (Å²) in [5.41, 5.74) is 2.60. The number of nitro groups is 1. The van der Waals surface area contributed by atoms with Crippen molar-refractivity contribution in [3.05, 3.63) is 92.5 Å². The molecule has 0 unspecified atom stereocenters. The predicted octanol–water partition coefficient (Wildman–Crippen LogP) is 4.56. The first kappa shape index (κ1) is 18.8. The number of benzene rings is 2. The van der Waals surface area contributed by atoms with Crippen molar-refractivity contribution >= 4 is 17.4 Å². The van der Waals surface area contributed by atoms with E-state index in [0.29, 0.717) is 16.7 Å². The fourth-order valence-electron chi connectivity index (χ4n) is 2.63. The van der Waals surface area contributed by atoms with Crippen molar-refractivity contribution in [1.82, 2.24) is 9.55 Å². The summed E-state index contributed by atoms with van der Waals surface area (Å²) in [6.45, 7) is 4.24. The third kappa shape index (κ3) is 4.43. The average Bonchev–Trinajstić information content (AvgIpc) is 2.67. The topological polar surface area (TPSA) is 78.0 Å². The monoisotopic (exact) mass is 381 g/mol. The van der Waals surface area contributed by atoms with Gasteiger partial charge in [0.05, 0.1) is 4.92 Å². The molecule has 0 spiro atoms. The first-order chi connectivity index (χ1) is 13.0. The van der Waals surface area contributed by atoms with Gasteiger partial charge in [-0.2, -0.15) is 0 Å². The second-order valence-electron chi connectivity index (χ2n) is 6.37. The maximum absolute atomic E-state index is 12.8. The highest BCUT2D eigenvalue weighted by Crippen LogP contribution is 2.22. The summed E-state index contributed by atoms with van der Waals surface area (Å²) in [5.74, 6) is 0.856. The van der Waals surface area contributed by atoms with Crippen molar-refractivity contribution in [3.63, 3.8) is 0 Å². The maximum atomic E-state index is 12.8. The molecule has 3 aromatic rings. The summed E-state index contributed by atoms with van der Waals surface area (Å²) < 4.78 is 1.56. The normalized spacial score (nSPS) is 10.9. The third-order valence-electron chi connectivity index (χ3n) is 4.14. The lowest BCUT2D eigenvalue weighted by Gasteiger charge is -2.10. The Labute approximate surface area is 161 Å². The number of thioether (sulfide) groups is 1. The van der Waals surface area contributed by atoms with Gasteiger partial charge in [-0.25, -0.2) is 4.98 Å². The molecule has 1 aromatic heterocycles. The number of aromatic nitrogens is 2. The van der Waals surface area contributed by atoms with Crippen LogP contribution in [0.15, 0.2) is 70.7 Å². The Balaban J connectivity index is 1.82. The van der Waals surface area contributed by atoms with Crippen LogP contribution in [0, 0.1) is 10.1 Å². The van der Waals surface area contributed by atoms with E-state index in [4.69, 9.17) is 0 Å². The molecule has 0 saturated heterocycles. The molecule has 0 aliphatic heterocycles. The Morgan fingerprint density at radius 1 is 1.19 bits per heavy atom. The van der Waals surface area contributed by atoms with Gasteiger partial charge in [0.15, 0.2) is 5.03 Å². The van der Waals surface area contributed by atoms with E-state index in [0.717, 1.165) is 11.3 Å². The van der Waals surface area contributed by atoms with Crippen molar-refractivity contribution in [2.45, 2.75) is 30.5 Å². The fraction of sp³-hybridized carbons (Fsp3) is 0.200. The van der Waals surface area contributed by atoms with E-state index in [1.54, 1.807) is 29.1 Å². The first-order valence-electron chi connectivity index (χ1n) is 8.50. The molecule has 0 amide bonds. The van der Waals surface area contributed by atoms with Gasteiger partial charge < -0.3 is 0 Å². The van der Waals surface area contributed by atoms with E-state index < -0.39 is 4.92 Å². The van der Waals surface area contributed by atoms with Gasteiger partial charge in [-0.3, -0.25) is 19.5 Å². The Morgan fingerprint density at radius 2 is 1.93 bits per heavy atom. The van der Waals surface area contributed by atoms with Crippen LogP contribution in [-0.2, 0) is 5.75 Å². The smallest absolute Gasteiger partial charge is 0.280 e. The molecule has 1 heterocycles. The van der Waals surface area contributed by atoms with Crippen LogP contribution in [0.5, 0.6) is 0 Å². The number of nitrogens with zero attached hydrogens (tertiary/aromatic N) is 3.